The molecule has 6 nitrogen and oxygen atoms in total. The predicted octanol–water partition coefficient (Wildman–Crippen LogP) is 3.96. The van der Waals surface area contributed by atoms with Crippen molar-refractivity contribution in [3.8, 4) is 11.5 Å². The monoisotopic (exact) mass is 371 g/mol. The van der Waals surface area contributed by atoms with Gasteiger partial charge in [0.15, 0.2) is 17.8 Å². The number of hydrogen-bond acceptors (Lipinski definition) is 5. The quantitative estimate of drug-likeness (QED) is 0.700. The molecule has 0 spiro atoms. The molecular weight excluding hydrogens is 346 g/mol. The van der Waals surface area contributed by atoms with Crippen LogP contribution < -0.4 is 15.0 Å². The van der Waals surface area contributed by atoms with Crippen molar-refractivity contribution in [1.82, 2.24) is 5.48 Å². The molecule has 1 amide bonds. The Morgan fingerprint density at radius 2 is 2.20 bits per heavy atom. The van der Waals surface area contributed by atoms with Crippen molar-refractivity contribution in [2.75, 3.05) is 20.3 Å². The Hall–Kier alpha value is -1.50. The number of carbonyl (C=O) groups is 1. The van der Waals surface area contributed by atoms with Crippen molar-refractivity contribution < 1.29 is 23.8 Å². The number of rotatable bonds is 8. The molecule has 140 valence electrons. The van der Waals surface area contributed by atoms with Crippen LogP contribution in [0.2, 0.25) is 5.02 Å². The van der Waals surface area contributed by atoms with Gasteiger partial charge in [-0.05, 0) is 37.3 Å². The van der Waals surface area contributed by atoms with Gasteiger partial charge in [0.05, 0.1) is 18.7 Å². The molecule has 0 bridgehead atoms. The first-order valence-corrected chi connectivity index (χ1v) is 8.97. The normalized spacial score (nSPS) is 17.4. The van der Waals surface area contributed by atoms with Crippen LogP contribution in [0.1, 0.15) is 49.9 Å². The van der Waals surface area contributed by atoms with Crippen LogP contribution in [0.15, 0.2) is 12.1 Å². The Labute approximate surface area is 153 Å². The van der Waals surface area contributed by atoms with E-state index in [0.29, 0.717) is 41.2 Å². The van der Waals surface area contributed by atoms with E-state index in [2.05, 4.69) is 19.3 Å². The molecule has 1 aliphatic heterocycles. The molecule has 1 N–H and O–H groups in total. The van der Waals surface area contributed by atoms with Crippen molar-refractivity contribution in [1.29, 1.82) is 0 Å². The zero-order valence-corrected chi connectivity index (χ0v) is 15.7. The van der Waals surface area contributed by atoms with Gasteiger partial charge in [-0.1, -0.05) is 25.4 Å². The first-order valence-electron chi connectivity index (χ1n) is 8.59. The summed E-state index contributed by atoms with van der Waals surface area (Å²) in [5, 5.41) is 0.321. The molecule has 1 aliphatic rings. The molecule has 1 heterocycles. The lowest BCUT2D eigenvalue weighted by molar-refractivity contribution is -0.186. The lowest BCUT2D eigenvalue weighted by Gasteiger charge is -2.22. The van der Waals surface area contributed by atoms with Crippen molar-refractivity contribution in [3.05, 3.63) is 22.7 Å². The van der Waals surface area contributed by atoms with E-state index >= 15 is 0 Å². The fourth-order valence-corrected chi connectivity index (χ4v) is 2.64. The van der Waals surface area contributed by atoms with Crippen molar-refractivity contribution in [2.45, 2.75) is 45.8 Å². The topological polar surface area (TPSA) is 66.0 Å². The molecule has 7 heteroatoms. The molecule has 1 fully saturated rings. The predicted molar refractivity (Wildman–Crippen MR) is 95.1 cm³/mol. The summed E-state index contributed by atoms with van der Waals surface area (Å²) in [5.74, 6) is 0.963. The van der Waals surface area contributed by atoms with Crippen LogP contribution in [-0.2, 0) is 9.57 Å². The van der Waals surface area contributed by atoms with Gasteiger partial charge in [-0.3, -0.25) is 4.79 Å². The summed E-state index contributed by atoms with van der Waals surface area (Å²) >= 11 is 6.27. The summed E-state index contributed by atoms with van der Waals surface area (Å²) in [6.07, 6.45) is 3.28. The summed E-state index contributed by atoms with van der Waals surface area (Å²) < 4.78 is 16.4. The molecule has 2 rings (SSSR count). The standard InChI is InChI=1S/C18H26ClNO5/c1-12(2)7-9-24-17-14(19)10-13(11-15(17)22-3)18(21)20-25-16-6-4-5-8-23-16/h10-12,16H,4-9H2,1-3H3,(H,20,21). The Balaban J connectivity index is 2.00. The molecule has 0 radical (unpaired) electrons. The number of hydroxylamine groups is 1. The molecule has 1 unspecified atom stereocenters. The second-order valence-corrected chi connectivity index (χ2v) is 6.77. The Kier molecular flexibility index (Phi) is 7.81. The van der Waals surface area contributed by atoms with Gasteiger partial charge in [-0.15, -0.1) is 0 Å². The smallest absolute Gasteiger partial charge is 0.275 e. The van der Waals surface area contributed by atoms with Gasteiger partial charge in [0.2, 0.25) is 0 Å². The van der Waals surface area contributed by atoms with E-state index in [1.165, 1.54) is 13.2 Å². The van der Waals surface area contributed by atoms with Crippen LogP contribution in [0, 0.1) is 5.92 Å². The van der Waals surface area contributed by atoms with E-state index in [9.17, 15) is 4.79 Å². The summed E-state index contributed by atoms with van der Waals surface area (Å²) in [7, 11) is 1.51. The Bertz CT molecular complexity index is 573. The highest BCUT2D eigenvalue weighted by atomic mass is 35.5. The fourth-order valence-electron chi connectivity index (χ4n) is 2.37. The molecule has 0 aromatic heterocycles. The van der Waals surface area contributed by atoms with Gasteiger partial charge in [-0.25, -0.2) is 10.3 Å². The van der Waals surface area contributed by atoms with E-state index in [4.69, 9.17) is 30.6 Å². The highest BCUT2D eigenvalue weighted by molar-refractivity contribution is 6.32. The molecule has 1 atom stereocenters. The highest BCUT2D eigenvalue weighted by Crippen LogP contribution is 2.36. The maximum Gasteiger partial charge on any atom is 0.275 e. The maximum absolute atomic E-state index is 12.3. The number of amides is 1. The summed E-state index contributed by atoms with van der Waals surface area (Å²) in [6, 6.07) is 3.12. The summed E-state index contributed by atoms with van der Waals surface area (Å²) in [4.78, 5) is 17.6. The van der Waals surface area contributed by atoms with Crippen molar-refractivity contribution in [3.63, 3.8) is 0 Å². The van der Waals surface area contributed by atoms with E-state index in [0.717, 1.165) is 25.7 Å². The average Bonchev–Trinajstić information content (AvgIpc) is 2.61. The van der Waals surface area contributed by atoms with Crippen LogP contribution in [0.5, 0.6) is 11.5 Å². The molecular formula is C18H26ClNO5. The number of benzene rings is 1. The first kappa shape index (κ1) is 19.8. The van der Waals surface area contributed by atoms with E-state index in [1.54, 1.807) is 6.07 Å². The van der Waals surface area contributed by atoms with E-state index in [1.807, 2.05) is 0 Å². The number of hydrogen-bond donors (Lipinski definition) is 1. The minimum absolute atomic E-state index is 0.321. The number of carbonyl (C=O) groups excluding carboxylic acids is 1. The molecule has 1 saturated heterocycles. The molecule has 1 aromatic rings. The minimum atomic E-state index is -0.414. The van der Waals surface area contributed by atoms with Crippen LogP contribution in [0.25, 0.3) is 0 Å². The van der Waals surface area contributed by atoms with Crippen molar-refractivity contribution >= 4 is 17.5 Å². The first-order chi connectivity index (χ1) is 12.0. The SMILES string of the molecule is COc1cc(C(=O)NOC2CCCCO2)cc(Cl)c1OCCC(C)C. The van der Waals surface area contributed by atoms with Gasteiger partial charge in [0.1, 0.15) is 0 Å². The zero-order chi connectivity index (χ0) is 18.2. The van der Waals surface area contributed by atoms with Gasteiger partial charge in [0.25, 0.3) is 5.91 Å². The molecule has 0 aliphatic carbocycles. The third kappa shape index (κ3) is 6.06. The summed E-state index contributed by atoms with van der Waals surface area (Å²) in [6.45, 7) is 5.40. The van der Waals surface area contributed by atoms with Gasteiger partial charge < -0.3 is 14.2 Å². The molecule has 0 saturated carbocycles. The maximum atomic E-state index is 12.3. The third-order valence-electron chi connectivity index (χ3n) is 3.85. The van der Waals surface area contributed by atoms with Crippen molar-refractivity contribution in [2.24, 2.45) is 5.92 Å². The second-order valence-electron chi connectivity index (χ2n) is 6.37. The van der Waals surface area contributed by atoms with Crippen LogP contribution in [-0.4, -0.2) is 32.5 Å². The van der Waals surface area contributed by atoms with Crippen LogP contribution in [0.3, 0.4) is 0 Å². The Morgan fingerprint density at radius 3 is 2.84 bits per heavy atom. The third-order valence-corrected chi connectivity index (χ3v) is 4.13. The molecule has 25 heavy (non-hydrogen) atoms. The van der Waals surface area contributed by atoms with Crippen LogP contribution >= 0.6 is 11.6 Å². The van der Waals surface area contributed by atoms with Crippen LogP contribution in [0.4, 0.5) is 0 Å². The second kappa shape index (κ2) is 9.85. The van der Waals surface area contributed by atoms with E-state index in [-0.39, 0.29) is 0 Å². The largest absolute Gasteiger partial charge is 0.493 e. The number of halogens is 1. The average molecular weight is 372 g/mol. The van der Waals surface area contributed by atoms with Gasteiger partial charge in [-0.2, -0.15) is 0 Å². The Morgan fingerprint density at radius 1 is 1.40 bits per heavy atom. The zero-order valence-electron chi connectivity index (χ0n) is 15.0. The summed E-state index contributed by atoms with van der Waals surface area (Å²) in [5.41, 5.74) is 2.73. The van der Waals surface area contributed by atoms with E-state index < -0.39 is 12.2 Å². The number of nitrogens with one attached hydrogen (secondary N) is 1. The lowest BCUT2D eigenvalue weighted by Crippen LogP contribution is -2.33. The van der Waals surface area contributed by atoms with Gasteiger partial charge in [0, 0.05) is 18.6 Å². The highest BCUT2D eigenvalue weighted by Gasteiger charge is 2.19. The van der Waals surface area contributed by atoms with Gasteiger partial charge >= 0.3 is 0 Å². The minimum Gasteiger partial charge on any atom is -0.493 e. The lowest BCUT2D eigenvalue weighted by atomic mass is 10.1. The number of methoxy groups -OCH3 is 1. The number of ether oxygens (including phenoxy) is 3. The molecule has 1 aromatic carbocycles. The fraction of sp³-hybridized carbons (Fsp3) is 0.611.